The van der Waals surface area contributed by atoms with Crippen molar-refractivity contribution in [3.63, 3.8) is 0 Å². The quantitative estimate of drug-likeness (QED) is 0.861. The second kappa shape index (κ2) is 5.60. The third kappa shape index (κ3) is 3.37. The molecule has 0 bridgehead atoms. The van der Waals surface area contributed by atoms with Gasteiger partial charge in [0.2, 0.25) is 5.91 Å². The molecule has 0 saturated carbocycles. The van der Waals surface area contributed by atoms with Gasteiger partial charge in [0.05, 0.1) is 5.92 Å². The Hall–Kier alpha value is -2.24. The van der Waals surface area contributed by atoms with Gasteiger partial charge >= 0.3 is 5.97 Å². The lowest BCUT2D eigenvalue weighted by atomic mass is 10.1. The molecule has 0 saturated heterocycles. The third-order valence-electron chi connectivity index (χ3n) is 2.74. The van der Waals surface area contributed by atoms with Crippen molar-refractivity contribution in [1.29, 1.82) is 0 Å². The zero-order valence-corrected chi connectivity index (χ0v) is 10.5. The minimum atomic E-state index is -0.989. The molecule has 1 aliphatic rings. The van der Waals surface area contributed by atoms with E-state index in [1.54, 1.807) is 18.2 Å². The molecular weight excluding hydrogens is 250 g/mol. The second-order valence-electron chi connectivity index (χ2n) is 4.35. The summed E-state index contributed by atoms with van der Waals surface area (Å²) >= 11 is 0. The van der Waals surface area contributed by atoms with Crippen molar-refractivity contribution in [1.82, 2.24) is 0 Å². The van der Waals surface area contributed by atoms with Gasteiger partial charge in [-0.2, -0.15) is 0 Å². The molecule has 19 heavy (non-hydrogen) atoms. The van der Waals surface area contributed by atoms with Crippen LogP contribution >= 0.6 is 0 Å². The molecule has 1 heterocycles. The van der Waals surface area contributed by atoms with Crippen molar-refractivity contribution >= 4 is 17.6 Å². The fraction of sp³-hybridized carbons (Fsp3) is 0.385. The molecule has 1 unspecified atom stereocenters. The van der Waals surface area contributed by atoms with E-state index in [-0.39, 0.29) is 12.3 Å². The molecular formula is C13H15NO5. The lowest BCUT2D eigenvalue weighted by Gasteiger charge is -2.19. The summed E-state index contributed by atoms with van der Waals surface area (Å²) in [4.78, 5) is 22.3. The largest absolute Gasteiger partial charge is 0.486 e. The number of rotatable bonds is 4. The smallest absolute Gasteiger partial charge is 0.306 e. The molecule has 1 amide bonds. The van der Waals surface area contributed by atoms with Crippen LogP contribution in [-0.2, 0) is 9.59 Å². The number of anilines is 1. The van der Waals surface area contributed by atoms with Gasteiger partial charge in [0.15, 0.2) is 11.5 Å². The standard InChI is InChI=1S/C13H15NO5/c1-8(13(16)17)6-12(15)14-9-2-3-10-11(7-9)19-5-4-18-10/h2-3,7-8H,4-6H2,1H3,(H,14,15)(H,16,17). The van der Waals surface area contributed by atoms with Gasteiger partial charge in [-0.3, -0.25) is 9.59 Å². The Bertz CT molecular complexity index is 500. The fourth-order valence-corrected chi connectivity index (χ4v) is 1.70. The SMILES string of the molecule is CC(CC(=O)Nc1ccc2c(c1)OCCO2)C(=O)O. The molecule has 102 valence electrons. The van der Waals surface area contributed by atoms with Crippen LogP contribution in [0, 0.1) is 5.92 Å². The van der Waals surface area contributed by atoms with Crippen LogP contribution in [-0.4, -0.2) is 30.2 Å². The van der Waals surface area contributed by atoms with E-state index in [0.29, 0.717) is 30.4 Å². The Kier molecular flexibility index (Phi) is 3.89. The van der Waals surface area contributed by atoms with E-state index < -0.39 is 11.9 Å². The number of amides is 1. The van der Waals surface area contributed by atoms with E-state index >= 15 is 0 Å². The molecule has 1 atom stereocenters. The minimum absolute atomic E-state index is 0.0657. The Morgan fingerprint density at radius 1 is 1.32 bits per heavy atom. The molecule has 2 rings (SSSR count). The van der Waals surface area contributed by atoms with Crippen molar-refractivity contribution in [2.75, 3.05) is 18.5 Å². The average Bonchev–Trinajstić information content (AvgIpc) is 2.38. The lowest BCUT2D eigenvalue weighted by molar-refractivity contribution is -0.142. The number of carboxylic acids is 1. The number of carboxylic acid groups (broad SMARTS) is 1. The Morgan fingerprint density at radius 3 is 2.68 bits per heavy atom. The first-order valence-corrected chi connectivity index (χ1v) is 5.98. The normalized spacial score (nSPS) is 14.6. The van der Waals surface area contributed by atoms with Crippen LogP contribution in [0.15, 0.2) is 18.2 Å². The highest BCUT2D eigenvalue weighted by Gasteiger charge is 2.17. The molecule has 0 spiro atoms. The maximum absolute atomic E-state index is 11.6. The summed E-state index contributed by atoms with van der Waals surface area (Å²) in [5.74, 6) is -0.820. The highest BCUT2D eigenvalue weighted by Crippen LogP contribution is 2.32. The lowest BCUT2D eigenvalue weighted by Crippen LogP contribution is -2.20. The average molecular weight is 265 g/mol. The second-order valence-corrected chi connectivity index (χ2v) is 4.35. The van der Waals surface area contributed by atoms with Gasteiger partial charge in [-0.05, 0) is 12.1 Å². The summed E-state index contributed by atoms with van der Waals surface area (Å²) in [6.45, 7) is 2.47. The van der Waals surface area contributed by atoms with Crippen molar-refractivity contribution in [2.24, 2.45) is 5.92 Å². The Labute approximate surface area is 110 Å². The first-order valence-electron chi connectivity index (χ1n) is 5.98. The zero-order chi connectivity index (χ0) is 13.8. The molecule has 1 aromatic rings. The summed E-state index contributed by atoms with van der Waals surface area (Å²) < 4.78 is 10.8. The summed E-state index contributed by atoms with van der Waals surface area (Å²) in [6, 6.07) is 5.07. The summed E-state index contributed by atoms with van der Waals surface area (Å²) in [5.41, 5.74) is 0.562. The number of carbonyl (C=O) groups excluding carboxylic acids is 1. The Balaban J connectivity index is 1.99. The van der Waals surface area contributed by atoms with Gasteiger partial charge in [0, 0.05) is 18.2 Å². The number of hydrogen-bond donors (Lipinski definition) is 2. The predicted molar refractivity (Wildman–Crippen MR) is 67.5 cm³/mol. The van der Waals surface area contributed by atoms with Crippen LogP contribution < -0.4 is 14.8 Å². The number of fused-ring (bicyclic) bond motifs is 1. The number of hydrogen-bond acceptors (Lipinski definition) is 4. The maximum Gasteiger partial charge on any atom is 0.306 e. The summed E-state index contributed by atoms with van der Waals surface area (Å²) in [7, 11) is 0. The molecule has 1 aliphatic heterocycles. The number of carbonyl (C=O) groups is 2. The first-order chi connectivity index (χ1) is 9.06. The van der Waals surface area contributed by atoms with Crippen LogP contribution in [0.1, 0.15) is 13.3 Å². The van der Waals surface area contributed by atoms with Gasteiger partial charge in [0.25, 0.3) is 0 Å². The highest BCUT2D eigenvalue weighted by molar-refractivity contribution is 5.93. The molecule has 6 heteroatoms. The van der Waals surface area contributed by atoms with E-state index in [4.69, 9.17) is 14.6 Å². The number of nitrogens with one attached hydrogen (secondary N) is 1. The molecule has 0 aliphatic carbocycles. The van der Waals surface area contributed by atoms with E-state index in [1.165, 1.54) is 6.92 Å². The van der Waals surface area contributed by atoms with Crippen molar-refractivity contribution < 1.29 is 24.2 Å². The molecule has 0 aromatic heterocycles. The van der Waals surface area contributed by atoms with Crippen LogP contribution in [0.2, 0.25) is 0 Å². The molecule has 2 N–H and O–H groups in total. The van der Waals surface area contributed by atoms with E-state index in [0.717, 1.165) is 0 Å². The summed E-state index contributed by atoms with van der Waals surface area (Å²) in [5, 5.41) is 11.4. The van der Waals surface area contributed by atoms with Crippen molar-refractivity contribution in [3.8, 4) is 11.5 Å². The van der Waals surface area contributed by atoms with Gasteiger partial charge in [-0.1, -0.05) is 6.92 Å². The van der Waals surface area contributed by atoms with Gasteiger partial charge in [0.1, 0.15) is 13.2 Å². The number of ether oxygens (including phenoxy) is 2. The first kappa shape index (κ1) is 13.2. The third-order valence-corrected chi connectivity index (χ3v) is 2.74. The minimum Gasteiger partial charge on any atom is -0.486 e. The highest BCUT2D eigenvalue weighted by atomic mass is 16.6. The number of benzene rings is 1. The Morgan fingerprint density at radius 2 is 2.00 bits per heavy atom. The van der Waals surface area contributed by atoms with Gasteiger partial charge < -0.3 is 19.9 Å². The molecule has 0 radical (unpaired) electrons. The van der Waals surface area contributed by atoms with Gasteiger partial charge in [-0.25, -0.2) is 0 Å². The maximum atomic E-state index is 11.6. The van der Waals surface area contributed by atoms with Crippen molar-refractivity contribution in [2.45, 2.75) is 13.3 Å². The topological polar surface area (TPSA) is 84.9 Å². The molecule has 1 aromatic carbocycles. The molecule has 0 fully saturated rings. The van der Waals surface area contributed by atoms with Crippen LogP contribution in [0.3, 0.4) is 0 Å². The van der Waals surface area contributed by atoms with Crippen LogP contribution in [0.4, 0.5) is 5.69 Å². The monoisotopic (exact) mass is 265 g/mol. The number of aliphatic carboxylic acids is 1. The van der Waals surface area contributed by atoms with E-state index in [9.17, 15) is 9.59 Å². The van der Waals surface area contributed by atoms with Crippen molar-refractivity contribution in [3.05, 3.63) is 18.2 Å². The van der Waals surface area contributed by atoms with E-state index in [2.05, 4.69) is 5.32 Å². The zero-order valence-electron chi connectivity index (χ0n) is 10.5. The predicted octanol–water partition coefficient (Wildman–Crippen LogP) is 1.51. The fourth-order valence-electron chi connectivity index (χ4n) is 1.70. The van der Waals surface area contributed by atoms with Crippen LogP contribution in [0.25, 0.3) is 0 Å². The van der Waals surface area contributed by atoms with Gasteiger partial charge in [-0.15, -0.1) is 0 Å². The van der Waals surface area contributed by atoms with E-state index in [1.807, 2.05) is 0 Å². The van der Waals surface area contributed by atoms with Crippen LogP contribution in [0.5, 0.6) is 11.5 Å². The molecule has 6 nitrogen and oxygen atoms in total. The summed E-state index contributed by atoms with van der Waals surface area (Å²) in [6.07, 6.45) is -0.0657.